The van der Waals surface area contributed by atoms with Gasteiger partial charge in [-0.3, -0.25) is 14.2 Å². The van der Waals surface area contributed by atoms with E-state index in [1.807, 2.05) is 25.1 Å². The first-order chi connectivity index (χ1) is 10.6. The van der Waals surface area contributed by atoms with E-state index in [2.05, 4.69) is 10.3 Å². The molecule has 1 aromatic carbocycles. The number of hydrogen-bond acceptors (Lipinski definition) is 4. The van der Waals surface area contributed by atoms with Crippen LogP contribution in [0.5, 0.6) is 0 Å². The average Bonchev–Trinajstić information content (AvgIpc) is 2.51. The summed E-state index contributed by atoms with van der Waals surface area (Å²) in [5, 5.41) is 2.80. The van der Waals surface area contributed by atoms with E-state index < -0.39 is 0 Å². The predicted molar refractivity (Wildman–Crippen MR) is 84.9 cm³/mol. The second-order valence-electron chi connectivity index (χ2n) is 4.98. The minimum Gasteiger partial charge on any atom is -0.382 e. The van der Waals surface area contributed by atoms with Gasteiger partial charge in [-0.2, -0.15) is 0 Å². The second-order valence-corrected chi connectivity index (χ2v) is 4.98. The number of aromatic nitrogens is 2. The van der Waals surface area contributed by atoms with Crippen molar-refractivity contribution in [3.05, 3.63) is 40.3 Å². The Labute approximate surface area is 129 Å². The molecule has 6 heteroatoms. The molecule has 1 amide bonds. The molecule has 6 nitrogen and oxygen atoms in total. The fourth-order valence-electron chi connectivity index (χ4n) is 2.22. The topological polar surface area (TPSA) is 73.2 Å². The zero-order valence-electron chi connectivity index (χ0n) is 13.0. The molecule has 0 radical (unpaired) electrons. The third-order valence-corrected chi connectivity index (χ3v) is 3.31. The van der Waals surface area contributed by atoms with Crippen molar-refractivity contribution in [2.45, 2.75) is 26.8 Å². The van der Waals surface area contributed by atoms with Crippen molar-refractivity contribution in [1.29, 1.82) is 0 Å². The molecular weight excluding hydrogens is 282 g/mol. The quantitative estimate of drug-likeness (QED) is 0.781. The molecule has 2 aromatic rings. The highest BCUT2D eigenvalue weighted by Crippen LogP contribution is 2.09. The fourth-order valence-corrected chi connectivity index (χ4v) is 2.22. The highest BCUT2D eigenvalue weighted by Gasteiger charge is 2.10. The number of ether oxygens (including phenoxy) is 1. The fraction of sp³-hybridized carbons (Fsp3) is 0.438. The van der Waals surface area contributed by atoms with Gasteiger partial charge in [0.1, 0.15) is 12.2 Å². The van der Waals surface area contributed by atoms with Gasteiger partial charge in [-0.25, -0.2) is 4.98 Å². The number of aryl methyl sites for hydroxylation is 1. The van der Waals surface area contributed by atoms with E-state index in [-0.39, 0.29) is 18.0 Å². The predicted octanol–water partition coefficient (Wildman–Crippen LogP) is 1.25. The molecule has 0 aliphatic carbocycles. The van der Waals surface area contributed by atoms with Crippen LogP contribution in [0.2, 0.25) is 0 Å². The highest BCUT2D eigenvalue weighted by molar-refractivity contribution is 5.80. The highest BCUT2D eigenvalue weighted by atomic mass is 16.5. The first-order valence-electron chi connectivity index (χ1n) is 7.44. The third kappa shape index (κ3) is 3.92. The number of rotatable bonds is 7. The van der Waals surface area contributed by atoms with Crippen molar-refractivity contribution in [1.82, 2.24) is 14.9 Å². The summed E-state index contributed by atoms with van der Waals surface area (Å²) in [5.41, 5.74) is 1.54. The van der Waals surface area contributed by atoms with Crippen molar-refractivity contribution >= 4 is 16.9 Å². The molecule has 0 saturated heterocycles. The lowest BCUT2D eigenvalue weighted by Crippen LogP contribution is -2.34. The number of carbonyl (C=O) groups is 1. The van der Waals surface area contributed by atoms with Crippen LogP contribution in [0.4, 0.5) is 0 Å². The van der Waals surface area contributed by atoms with E-state index in [4.69, 9.17) is 4.74 Å². The largest absolute Gasteiger partial charge is 0.382 e. The Morgan fingerprint density at radius 1 is 1.36 bits per heavy atom. The average molecular weight is 303 g/mol. The number of benzene rings is 1. The SMILES string of the molecule is CCOCCCNC(=O)Cn1c(=O)c(C)nc2ccccc21. The van der Waals surface area contributed by atoms with E-state index in [1.54, 1.807) is 13.0 Å². The molecule has 0 saturated carbocycles. The molecule has 1 heterocycles. The maximum absolute atomic E-state index is 12.2. The van der Waals surface area contributed by atoms with E-state index in [9.17, 15) is 9.59 Å². The normalized spacial score (nSPS) is 10.8. The lowest BCUT2D eigenvalue weighted by Gasteiger charge is -2.11. The molecule has 0 aliphatic heterocycles. The molecule has 0 bridgehead atoms. The van der Waals surface area contributed by atoms with Crippen LogP contribution in [0, 0.1) is 6.92 Å². The number of fused-ring (bicyclic) bond motifs is 1. The Morgan fingerprint density at radius 2 is 2.14 bits per heavy atom. The summed E-state index contributed by atoms with van der Waals surface area (Å²) < 4.78 is 6.68. The summed E-state index contributed by atoms with van der Waals surface area (Å²) in [6, 6.07) is 7.32. The Kier molecular flexibility index (Phi) is 5.66. The van der Waals surface area contributed by atoms with Crippen molar-refractivity contribution < 1.29 is 9.53 Å². The van der Waals surface area contributed by atoms with Gasteiger partial charge >= 0.3 is 0 Å². The zero-order valence-corrected chi connectivity index (χ0v) is 13.0. The van der Waals surface area contributed by atoms with Crippen LogP contribution in [0.25, 0.3) is 11.0 Å². The lowest BCUT2D eigenvalue weighted by atomic mass is 10.2. The summed E-state index contributed by atoms with van der Waals surface area (Å²) in [6.45, 7) is 5.42. The van der Waals surface area contributed by atoms with Gasteiger partial charge < -0.3 is 10.1 Å². The number of hydrogen-bond donors (Lipinski definition) is 1. The van der Waals surface area contributed by atoms with Gasteiger partial charge in [-0.05, 0) is 32.4 Å². The van der Waals surface area contributed by atoms with Gasteiger partial charge in [-0.1, -0.05) is 12.1 Å². The maximum atomic E-state index is 12.2. The molecule has 0 aliphatic rings. The monoisotopic (exact) mass is 303 g/mol. The molecular formula is C16H21N3O3. The molecule has 22 heavy (non-hydrogen) atoms. The summed E-state index contributed by atoms with van der Waals surface area (Å²) >= 11 is 0. The molecule has 0 spiro atoms. The van der Waals surface area contributed by atoms with Crippen molar-refractivity contribution in [2.75, 3.05) is 19.8 Å². The Morgan fingerprint density at radius 3 is 2.91 bits per heavy atom. The number of para-hydroxylation sites is 2. The summed E-state index contributed by atoms with van der Waals surface area (Å²) in [6.07, 6.45) is 0.755. The van der Waals surface area contributed by atoms with Gasteiger partial charge in [0.05, 0.1) is 11.0 Å². The van der Waals surface area contributed by atoms with E-state index in [0.717, 1.165) is 6.42 Å². The Balaban J connectivity index is 2.09. The van der Waals surface area contributed by atoms with Gasteiger partial charge in [0.2, 0.25) is 5.91 Å². The van der Waals surface area contributed by atoms with Gasteiger partial charge in [0.25, 0.3) is 5.56 Å². The Hall–Kier alpha value is -2.21. The van der Waals surface area contributed by atoms with Crippen molar-refractivity contribution in [3.8, 4) is 0 Å². The maximum Gasteiger partial charge on any atom is 0.272 e. The number of amides is 1. The van der Waals surface area contributed by atoms with E-state index in [0.29, 0.717) is 36.5 Å². The van der Waals surface area contributed by atoms with Gasteiger partial charge in [-0.15, -0.1) is 0 Å². The minimum atomic E-state index is -0.233. The molecule has 2 rings (SSSR count). The van der Waals surface area contributed by atoms with Gasteiger partial charge in [0.15, 0.2) is 0 Å². The van der Waals surface area contributed by atoms with Crippen LogP contribution in [0.1, 0.15) is 19.0 Å². The van der Waals surface area contributed by atoms with Crippen molar-refractivity contribution in [2.24, 2.45) is 0 Å². The van der Waals surface area contributed by atoms with Crippen LogP contribution >= 0.6 is 0 Å². The second kappa shape index (κ2) is 7.70. The third-order valence-electron chi connectivity index (χ3n) is 3.31. The van der Waals surface area contributed by atoms with Crippen LogP contribution in [-0.2, 0) is 16.1 Å². The number of carbonyl (C=O) groups excluding carboxylic acids is 1. The number of nitrogens with zero attached hydrogens (tertiary/aromatic N) is 2. The minimum absolute atomic E-state index is 0.00264. The van der Waals surface area contributed by atoms with Gasteiger partial charge in [0, 0.05) is 19.8 Å². The molecule has 0 unspecified atom stereocenters. The van der Waals surface area contributed by atoms with Crippen LogP contribution in [-0.4, -0.2) is 35.2 Å². The van der Waals surface area contributed by atoms with Crippen molar-refractivity contribution in [3.63, 3.8) is 0 Å². The number of nitrogens with one attached hydrogen (secondary N) is 1. The molecule has 1 aromatic heterocycles. The smallest absolute Gasteiger partial charge is 0.272 e. The molecule has 118 valence electrons. The Bertz CT molecular complexity index is 709. The first-order valence-corrected chi connectivity index (χ1v) is 7.44. The summed E-state index contributed by atoms with van der Waals surface area (Å²) in [5.74, 6) is -0.186. The molecule has 0 fully saturated rings. The summed E-state index contributed by atoms with van der Waals surface area (Å²) in [4.78, 5) is 28.5. The van der Waals surface area contributed by atoms with E-state index >= 15 is 0 Å². The van der Waals surface area contributed by atoms with Crippen LogP contribution < -0.4 is 10.9 Å². The zero-order chi connectivity index (χ0) is 15.9. The van der Waals surface area contributed by atoms with Crippen LogP contribution in [0.15, 0.2) is 29.1 Å². The molecule has 1 N–H and O–H groups in total. The van der Waals surface area contributed by atoms with Crippen LogP contribution in [0.3, 0.4) is 0 Å². The summed E-state index contributed by atoms with van der Waals surface area (Å²) in [7, 11) is 0. The first kappa shape index (κ1) is 16.2. The lowest BCUT2D eigenvalue weighted by molar-refractivity contribution is -0.121. The standard InChI is InChI=1S/C16H21N3O3/c1-3-22-10-6-9-17-15(20)11-19-14-8-5-4-7-13(14)18-12(2)16(19)21/h4-5,7-8H,3,6,9-11H2,1-2H3,(H,17,20). The molecule has 0 atom stereocenters. The van der Waals surface area contributed by atoms with E-state index in [1.165, 1.54) is 4.57 Å².